The van der Waals surface area contributed by atoms with Crippen LogP contribution in [0.1, 0.15) is 44.3 Å². The van der Waals surface area contributed by atoms with E-state index in [1.807, 2.05) is 0 Å². The van der Waals surface area contributed by atoms with Crippen LogP contribution < -0.4 is 4.90 Å². The zero-order valence-corrected chi connectivity index (χ0v) is 16.7. The molecule has 7 rings (SSSR count). The van der Waals surface area contributed by atoms with Crippen LogP contribution in [0.2, 0.25) is 0 Å². The van der Waals surface area contributed by atoms with Crippen LogP contribution in [0.25, 0.3) is 15.5 Å². The van der Waals surface area contributed by atoms with Crippen molar-refractivity contribution in [3.63, 3.8) is 0 Å². The van der Waals surface area contributed by atoms with Gasteiger partial charge in [-0.05, 0) is 80.5 Å². The predicted molar refractivity (Wildman–Crippen MR) is 108 cm³/mol. The van der Waals surface area contributed by atoms with E-state index in [4.69, 9.17) is 5.10 Å². The van der Waals surface area contributed by atoms with Crippen molar-refractivity contribution in [2.45, 2.75) is 43.9 Å². The third-order valence-corrected chi connectivity index (χ3v) is 8.08. The molecule has 4 fully saturated rings. The summed E-state index contributed by atoms with van der Waals surface area (Å²) in [5, 5.41) is 15.2. The number of nitrogens with zero attached hydrogens (tertiary/aromatic N) is 5. The van der Waals surface area contributed by atoms with E-state index in [2.05, 4.69) is 58.0 Å². The SMILES string of the molecule is CN(C)c1ccc(-c2nn3c(C45CC6CC(CC(C6)C4)C5)nnc3s2)cc1. The molecule has 4 bridgehead atoms. The first-order valence-corrected chi connectivity index (χ1v) is 10.9. The molecule has 6 heteroatoms. The summed E-state index contributed by atoms with van der Waals surface area (Å²) in [5.41, 5.74) is 2.59. The van der Waals surface area contributed by atoms with Crippen LogP contribution in [-0.2, 0) is 5.41 Å². The Balaban J connectivity index is 1.40. The van der Waals surface area contributed by atoms with Gasteiger partial charge in [-0.15, -0.1) is 10.2 Å². The van der Waals surface area contributed by atoms with Crippen molar-refractivity contribution >= 4 is 22.0 Å². The van der Waals surface area contributed by atoms with Gasteiger partial charge in [0.05, 0.1) is 0 Å². The minimum atomic E-state index is 0.230. The van der Waals surface area contributed by atoms with Crippen LogP contribution in [-0.4, -0.2) is 33.9 Å². The van der Waals surface area contributed by atoms with Gasteiger partial charge in [-0.25, -0.2) is 0 Å². The van der Waals surface area contributed by atoms with Gasteiger partial charge in [-0.2, -0.15) is 9.61 Å². The lowest BCUT2D eigenvalue weighted by Crippen LogP contribution is -2.49. The third-order valence-electron chi connectivity index (χ3n) is 7.13. The van der Waals surface area contributed by atoms with Gasteiger partial charge in [0.2, 0.25) is 4.96 Å². The summed E-state index contributed by atoms with van der Waals surface area (Å²) < 4.78 is 2.08. The molecule has 4 aliphatic rings. The second kappa shape index (κ2) is 5.53. The highest BCUT2D eigenvalue weighted by Gasteiger charge is 2.54. The molecule has 5 nitrogen and oxygen atoms in total. The normalized spacial score (nSPS) is 31.7. The molecule has 0 saturated heterocycles. The first-order chi connectivity index (χ1) is 13.1. The topological polar surface area (TPSA) is 46.3 Å². The maximum atomic E-state index is 4.97. The molecule has 0 spiro atoms. The number of anilines is 1. The van der Waals surface area contributed by atoms with Gasteiger partial charge in [-0.3, -0.25) is 0 Å². The summed E-state index contributed by atoms with van der Waals surface area (Å²) in [5.74, 6) is 3.85. The van der Waals surface area contributed by atoms with Crippen LogP contribution in [0, 0.1) is 17.8 Å². The van der Waals surface area contributed by atoms with Crippen LogP contribution >= 0.6 is 11.3 Å². The van der Waals surface area contributed by atoms with E-state index in [-0.39, 0.29) is 5.41 Å². The van der Waals surface area contributed by atoms with Crippen molar-refractivity contribution < 1.29 is 0 Å². The second-order valence-corrected chi connectivity index (χ2v) is 10.2. The minimum absolute atomic E-state index is 0.230. The Morgan fingerprint density at radius 2 is 1.59 bits per heavy atom. The standard InChI is InChI=1S/C21H25N5S/c1-25(2)17-5-3-16(4-6-17)18-24-26-19(22-23-20(26)27-18)21-10-13-7-14(11-21)9-15(8-13)12-21/h3-6,13-15H,7-12H2,1-2H3. The molecule has 0 aliphatic heterocycles. The van der Waals surface area contributed by atoms with Gasteiger partial charge in [0.25, 0.3) is 0 Å². The molecule has 0 radical (unpaired) electrons. The molecular weight excluding hydrogens is 354 g/mol. The number of rotatable bonds is 3. The maximum Gasteiger partial charge on any atom is 0.235 e. The molecule has 4 aliphatic carbocycles. The number of hydrogen-bond donors (Lipinski definition) is 0. The van der Waals surface area contributed by atoms with Gasteiger partial charge in [-0.1, -0.05) is 11.3 Å². The van der Waals surface area contributed by atoms with E-state index in [1.165, 1.54) is 44.2 Å². The van der Waals surface area contributed by atoms with E-state index >= 15 is 0 Å². The van der Waals surface area contributed by atoms with E-state index in [9.17, 15) is 0 Å². The Hall–Kier alpha value is -1.95. The van der Waals surface area contributed by atoms with Gasteiger partial charge in [0.1, 0.15) is 5.01 Å². The Bertz CT molecular complexity index is 964. The molecule has 0 unspecified atom stereocenters. The number of hydrogen-bond acceptors (Lipinski definition) is 5. The van der Waals surface area contributed by atoms with Crippen molar-refractivity contribution in [1.29, 1.82) is 0 Å². The average molecular weight is 380 g/mol. The highest BCUT2D eigenvalue weighted by molar-refractivity contribution is 7.19. The maximum absolute atomic E-state index is 4.97. The third kappa shape index (κ3) is 2.38. The molecule has 27 heavy (non-hydrogen) atoms. The Morgan fingerprint density at radius 1 is 0.963 bits per heavy atom. The molecule has 0 atom stereocenters. The van der Waals surface area contributed by atoms with Gasteiger partial charge < -0.3 is 4.90 Å². The van der Waals surface area contributed by atoms with Crippen molar-refractivity contribution in [1.82, 2.24) is 19.8 Å². The van der Waals surface area contributed by atoms with Gasteiger partial charge in [0, 0.05) is 30.8 Å². The second-order valence-electron chi connectivity index (χ2n) is 9.26. The number of aromatic nitrogens is 4. The Labute approximate surface area is 163 Å². The summed E-state index contributed by atoms with van der Waals surface area (Å²) in [6.07, 6.45) is 8.23. The predicted octanol–water partition coefficient (Wildman–Crippen LogP) is 4.39. The highest BCUT2D eigenvalue weighted by atomic mass is 32.1. The quantitative estimate of drug-likeness (QED) is 0.677. The van der Waals surface area contributed by atoms with E-state index < -0.39 is 0 Å². The largest absolute Gasteiger partial charge is 0.378 e. The van der Waals surface area contributed by atoms with Gasteiger partial charge >= 0.3 is 0 Å². The number of benzene rings is 1. The molecule has 140 valence electrons. The molecule has 2 heterocycles. The Morgan fingerprint density at radius 3 is 2.19 bits per heavy atom. The number of fused-ring (bicyclic) bond motifs is 1. The van der Waals surface area contributed by atoms with Crippen LogP contribution in [0.4, 0.5) is 5.69 Å². The van der Waals surface area contributed by atoms with Crippen LogP contribution in [0.5, 0.6) is 0 Å². The minimum Gasteiger partial charge on any atom is -0.378 e. The van der Waals surface area contributed by atoms with Crippen molar-refractivity contribution in [3.8, 4) is 10.6 Å². The Kier molecular flexibility index (Phi) is 3.29. The molecule has 3 aromatic rings. The fourth-order valence-electron chi connectivity index (χ4n) is 6.35. The van der Waals surface area contributed by atoms with Crippen LogP contribution in [0.3, 0.4) is 0 Å². The zero-order valence-electron chi connectivity index (χ0n) is 15.9. The van der Waals surface area contributed by atoms with Crippen molar-refractivity contribution in [2.24, 2.45) is 17.8 Å². The molecule has 0 N–H and O–H groups in total. The van der Waals surface area contributed by atoms with E-state index in [0.29, 0.717) is 0 Å². The summed E-state index contributed by atoms with van der Waals surface area (Å²) >= 11 is 1.65. The van der Waals surface area contributed by atoms with Crippen LogP contribution in [0.15, 0.2) is 24.3 Å². The average Bonchev–Trinajstić information content (AvgIpc) is 3.21. The van der Waals surface area contributed by atoms with E-state index in [0.717, 1.165) is 39.1 Å². The monoisotopic (exact) mass is 379 g/mol. The molecular formula is C21H25N5S. The van der Waals surface area contributed by atoms with Gasteiger partial charge in [0.15, 0.2) is 5.82 Å². The summed E-state index contributed by atoms with van der Waals surface area (Å²) in [6, 6.07) is 8.62. The smallest absolute Gasteiger partial charge is 0.235 e. The van der Waals surface area contributed by atoms with Crippen molar-refractivity contribution in [2.75, 3.05) is 19.0 Å². The zero-order chi connectivity index (χ0) is 18.2. The highest BCUT2D eigenvalue weighted by Crippen LogP contribution is 2.60. The molecule has 4 saturated carbocycles. The lowest BCUT2D eigenvalue weighted by Gasteiger charge is -2.55. The molecule has 0 amide bonds. The summed E-state index contributed by atoms with van der Waals surface area (Å²) in [4.78, 5) is 3.06. The first-order valence-electron chi connectivity index (χ1n) is 10.1. The van der Waals surface area contributed by atoms with E-state index in [1.54, 1.807) is 11.3 Å². The lowest BCUT2D eigenvalue weighted by molar-refractivity contribution is -0.0103. The van der Waals surface area contributed by atoms with Crippen molar-refractivity contribution in [3.05, 3.63) is 30.1 Å². The first kappa shape index (κ1) is 16.0. The lowest BCUT2D eigenvalue weighted by atomic mass is 9.49. The molecule has 2 aromatic heterocycles. The fourth-order valence-corrected chi connectivity index (χ4v) is 7.20. The fraction of sp³-hybridized carbons (Fsp3) is 0.571. The molecule has 1 aromatic carbocycles. The summed E-state index contributed by atoms with van der Waals surface area (Å²) in [6.45, 7) is 0. The summed E-state index contributed by atoms with van der Waals surface area (Å²) in [7, 11) is 4.13.